The number of aromatic nitrogens is 1. The van der Waals surface area contributed by atoms with E-state index in [2.05, 4.69) is 104 Å². The van der Waals surface area contributed by atoms with Gasteiger partial charge in [-0.05, 0) is 75.2 Å². The molecule has 0 radical (unpaired) electrons. The minimum absolute atomic E-state index is 0.873. The predicted molar refractivity (Wildman–Crippen MR) is 175 cm³/mol. The summed E-state index contributed by atoms with van der Waals surface area (Å²) in [5.41, 5.74) is 12.1. The monoisotopic (exact) mass is 550 g/mol. The summed E-state index contributed by atoms with van der Waals surface area (Å²) in [6.07, 6.45) is 11.1. The second-order valence-electron chi connectivity index (χ2n) is 12.0. The van der Waals surface area contributed by atoms with Crippen LogP contribution in [0.3, 0.4) is 0 Å². The fourth-order valence-electron chi connectivity index (χ4n) is 7.62. The molecule has 3 aromatic rings. The molecule has 216 valence electrons. The molecule has 0 atom stereocenters. The molecule has 0 saturated heterocycles. The van der Waals surface area contributed by atoms with E-state index in [4.69, 9.17) is 9.47 Å². The third kappa shape index (κ3) is 4.98. The Hall–Kier alpha value is -3.47. The number of methoxy groups -OCH3 is 2. The summed E-state index contributed by atoms with van der Waals surface area (Å²) >= 11 is 0. The van der Waals surface area contributed by atoms with Gasteiger partial charge in [0.05, 0.1) is 14.2 Å². The van der Waals surface area contributed by atoms with Crippen molar-refractivity contribution >= 4 is 28.6 Å². The summed E-state index contributed by atoms with van der Waals surface area (Å²) in [6.45, 7) is 11.4. The average molecular weight is 551 g/mol. The van der Waals surface area contributed by atoms with Gasteiger partial charge in [-0.2, -0.15) is 0 Å². The molecule has 2 aromatic carbocycles. The molecule has 5 heteroatoms. The zero-order valence-electron chi connectivity index (χ0n) is 26.2. The molecule has 2 aliphatic rings. The zero-order chi connectivity index (χ0) is 29.1. The molecule has 0 N–H and O–H groups in total. The molecule has 0 amide bonds. The van der Waals surface area contributed by atoms with Crippen molar-refractivity contribution in [3.63, 3.8) is 0 Å². The number of ether oxygens (including phenoxy) is 2. The second-order valence-corrected chi connectivity index (χ2v) is 12.0. The van der Waals surface area contributed by atoms with Crippen molar-refractivity contribution in [1.82, 2.24) is 4.48 Å². The highest BCUT2D eigenvalue weighted by atomic mass is 16.5. The fraction of sp³-hybridized carbons (Fsp3) is 0.417. The second kappa shape index (κ2) is 12.2. The van der Waals surface area contributed by atoms with E-state index in [1.807, 2.05) is 0 Å². The lowest BCUT2D eigenvalue weighted by atomic mass is 9.35. The van der Waals surface area contributed by atoms with Crippen LogP contribution < -0.4 is 20.4 Å². The molecule has 1 aromatic heterocycles. The Bertz CT molecular complexity index is 1440. The Labute approximate surface area is 247 Å². The maximum atomic E-state index is 5.60. The van der Waals surface area contributed by atoms with Crippen molar-refractivity contribution in [2.75, 3.05) is 14.2 Å². The van der Waals surface area contributed by atoms with Crippen LogP contribution in [0.4, 0.5) is 0 Å². The summed E-state index contributed by atoms with van der Waals surface area (Å²) in [7, 11) is 3.47. The number of unbranched alkanes of at least 4 members (excludes halogenated alkanes) is 6. The van der Waals surface area contributed by atoms with E-state index in [9.17, 15) is 0 Å². The van der Waals surface area contributed by atoms with Crippen molar-refractivity contribution in [2.45, 2.75) is 86.0 Å². The van der Waals surface area contributed by atoms with Gasteiger partial charge in [-0.1, -0.05) is 69.7 Å². The van der Waals surface area contributed by atoms with Gasteiger partial charge in [0, 0.05) is 29.8 Å². The fourth-order valence-corrected chi connectivity index (χ4v) is 7.62. The number of rotatable bonds is 12. The van der Waals surface area contributed by atoms with Crippen molar-refractivity contribution in [3.05, 3.63) is 88.9 Å². The standard InChI is InChI=1S/C36H47BN2O2/c1-8-9-10-11-12-13-14-15-34-35-26(2)24-28(4)38(35)37(30-16-20-32(40-6)21-17-30,31-18-22-33(41-7)23-19-31)39-29(5)25-27(3)36(34)39/h16-25H,8-15H2,1-7H3. The summed E-state index contributed by atoms with van der Waals surface area (Å²) in [5, 5.41) is 0. The van der Waals surface area contributed by atoms with Crippen LogP contribution in [0.25, 0.3) is 5.57 Å². The van der Waals surface area contributed by atoms with Crippen molar-refractivity contribution in [3.8, 4) is 11.5 Å². The first-order chi connectivity index (χ1) is 19.9. The first kappa shape index (κ1) is 29.0. The highest BCUT2D eigenvalue weighted by molar-refractivity contribution is 6.96. The van der Waals surface area contributed by atoms with Crippen LogP contribution in [-0.4, -0.2) is 35.3 Å². The van der Waals surface area contributed by atoms with E-state index in [-0.39, 0.29) is 0 Å². The highest BCUT2D eigenvalue weighted by Gasteiger charge is 2.53. The number of hydrogen-bond acceptors (Lipinski definition) is 2. The van der Waals surface area contributed by atoms with E-state index in [0.29, 0.717) is 0 Å². The zero-order valence-corrected chi connectivity index (χ0v) is 26.2. The average Bonchev–Trinajstić information content (AvgIpc) is 3.46. The Morgan fingerprint density at radius 1 is 0.732 bits per heavy atom. The number of fused-ring (bicyclic) bond motifs is 2. The van der Waals surface area contributed by atoms with Crippen molar-refractivity contribution < 1.29 is 14.0 Å². The largest absolute Gasteiger partial charge is 0.497 e. The number of aryl methyl sites for hydroxylation is 2. The van der Waals surface area contributed by atoms with Gasteiger partial charge in [-0.25, -0.2) is 0 Å². The van der Waals surface area contributed by atoms with Crippen molar-refractivity contribution in [1.29, 1.82) is 0 Å². The minimum Gasteiger partial charge on any atom is -0.497 e. The molecule has 41 heavy (non-hydrogen) atoms. The smallest absolute Gasteiger partial charge is 0.434 e. The van der Waals surface area contributed by atoms with Crippen LogP contribution in [0.15, 0.2) is 71.9 Å². The number of nitrogens with zero attached hydrogens (tertiary/aromatic N) is 2. The first-order valence-corrected chi connectivity index (χ1v) is 15.6. The van der Waals surface area contributed by atoms with Gasteiger partial charge in [-0.15, -0.1) is 10.9 Å². The van der Waals surface area contributed by atoms with Crippen LogP contribution >= 0.6 is 0 Å². The van der Waals surface area contributed by atoms with Gasteiger partial charge >= 0.3 is 6.42 Å². The van der Waals surface area contributed by atoms with Crippen LogP contribution in [-0.2, 0) is 0 Å². The topological polar surface area (TPSA) is 26.4 Å². The summed E-state index contributed by atoms with van der Waals surface area (Å²) in [5.74, 6) is 1.75. The maximum Gasteiger partial charge on any atom is 0.434 e. The van der Waals surface area contributed by atoms with E-state index in [1.165, 1.54) is 95.4 Å². The molecule has 2 aliphatic heterocycles. The van der Waals surface area contributed by atoms with Crippen molar-refractivity contribution in [2.24, 2.45) is 0 Å². The normalized spacial score (nSPS) is 15.6. The SMILES string of the molecule is CCCCCCCCCC1=C2C(C)=CC(C)=[N+]2[B-](c2ccc(OC)cc2)(c2ccc(OC)cc2)n2c(C)cc(C)c21. The number of hydrogen-bond donors (Lipinski definition) is 0. The van der Waals surface area contributed by atoms with Crippen LogP contribution in [0.1, 0.15) is 89.1 Å². The minimum atomic E-state index is -1.59. The Morgan fingerprint density at radius 3 is 1.80 bits per heavy atom. The molecule has 0 fully saturated rings. The molecule has 0 unspecified atom stereocenters. The molecule has 5 rings (SSSR count). The Morgan fingerprint density at radius 2 is 1.27 bits per heavy atom. The van der Waals surface area contributed by atoms with Gasteiger partial charge in [-0.3, -0.25) is 0 Å². The molecule has 0 spiro atoms. The molecule has 0 bridgehead atoms. The van der Waals surface area contributed by atoms with E-state index in [0.717, 1.165) is 17.9 Å². The lowest BCUT2D eigenvalue weighted by Gasteiger charge is -2.46. The van der Waals surface area contributed by atoms with Crippen LogP contribution in [0.5, 0.6) is 11.5 Å². The van der Waals surface area contributed by atoms with Crippen LogP contribution in [0.2, 0.25) is 0 Å². The van der Waals surface area contributed by atoms with Gasteiger partial charge < -0.3 is 18.4 Å². The molecule has 3 heterocycles. The van der Waals surface area contributed by atoms with Crippen LogP contribution in [0, 0.1) is 13.8 Å². The third-order valence-corrected chi connectivity index (χ3v) is 9.35. The maximum absolute atomic E-state index is 5.60. The molecular formula is C36H47BN2O2. The van der Waals surface area contributed by atoms with E-state index < -0.39 is 6.42 Å². The van der Waals surface area contributed by atoms with E-state index in [1.54, 1.807) is 14.2 Å². The lowest BCUT2D eigenvalue weighted by Crippen LogP contribution is -2.73. The Balaban J connectivity index is 1.73. The van der Waals surface area contributed by atoms with Gasteiger partial charge in [0.1, 0.15) is 17.2 Å². The first-order valence-electron chi connectivity index (χ1n) is 15.6. The summed E-state index contributed by atoms with van der Waals surface area (Å²) < 4.78 is 16.5. The quantitative estimate of drug-likeness (QED) is 0.172. The summed E-state index contributed by atoms with van der Waals surface area (Å²) in [4.78, 5) is 0. The lowest BCUT2D eigenvalue weighted by molar-refractivity contribution is -0.330. The molecule has 4 nitrogen and oxygen atoms in total. The highest BCUT2D eigenvalue weighted by Crippen LogP contribution is 2.42. The molecule has 0 saturated carbocycles. The number of benzene rings is 2. The van der Waals surface area contributed by atoms with Gasteiger partial charge in [0.25, 0.3) is 0 Å². The van der Waals surface area contributed by atoms with E-state index >= 15 is 0 Å². The van der Waals surface area contributed by atoms with Gasteiger partial charge in [0.15, 0.2) is 5.70 Å². The van der Waals surface area contributed by atoms with Gasteiger partial charge in [0.2, 0.25) is 0 Å². The third-order valence-electron chi connectivity index (χ3n) is 9.35. The molecular weight excluding hydrogens is 503 g/mol. The predicted octanol–water partition coefficient (Wildman–Crippen LogP) is 7.53. The molecule has 0 aliphatic carbocycles. The summed E-state index contributed by atoms with van der Waals surface area (Å²) in [6, 6.07) is 19.9. The Kier molecular flexibility index (Phi) is 8.63. The number of allylic oxidation sites excluding steroid dienone is 3.